The lowest BCUT2D eigenvalue weighted by Gasteiger charge is -2.37. The number of nitrogens with two attached hydrogens (primary N) is 1. The molecule has 6 aromatic rings. The lowest BCUT2D eigenvalue weighted by Crippen LogP contribution is -2.30. The van der Waals surface area contributed by atoms with Crippen LogP contribution in [0.15, 0.2) is 146 Å². The standard InChI is InChI=1S/C59H69N3/c1-5-8-11-18-41-61-49-37-33-47(34-38-49)58(45-29-25-43(4)26-30-45)53-22-16-14-20-51(53)57-56(58)52-21-15-17-23-54(52)59(57,46-31-27-44(28-32-46)55(60)24-13-10-7-3)48-35-39-50(40-36-48)62-42-19-12-9-6-2/h14-17,20-23,25-40,55,61-62H,5-13,18-19,24,41-42,60H2,1-4H3. The van der Waals surface area contributed by atoms with E-state index in [1.165, 1.54) is 142 Å². The first-order chi connectivity index (χ1) is 30.5. The normalized spacial score (nSPS) is 18.0. The average Bonchev–Trinajstić information content (AvgIpc) is 3.79. The molecule has 0 spiro atoms. The molecule has 62 heavy (non-hydrogen) atoms. The highest BCUT2D eigenvalue weighted by molar-refractivity contribution is 6.15. The lowest BCUT2D eigenvalue weighted by atomic mass is 9.64. The Morgan fingerprint density at radius 1 is 0.435 bits per heavy atom. The van der Waals surface area contributed by atoms with Gasteiger partial charge in [-0.15, -0.1) is 0 Å². The maximum absolute atomic E-state index is 6.90. The van der Waals surface area contributed by atoms with Crippen LogP contribution in [0.25, 0.3) is 11.1 Å². The molecule has 3 nitrogen and oxygen atoms in total. The monoisotopic (exact) mass is 820 g/mol. The second-order valence-electron chi connectivity index (χ2n) is 18.1. The van der Waals surface area contributed by atoms with Gasteiger partial charge in [-0.2, -0.15) is 0 Å². The van der Waals surface area contributed by atoms with Gasteiger partial charge in [0.25, 0.3) is 0 Å². The van der Waals surface area contributed by atoms with Crippen molar-refractivity contribution < 1.29 is 0 Å². The second-order valence-corrected chi connectivity index (χ2v) is 18.1. The first kappa shape index (κ1) is 43.3. The molecule has 4 N–H and O–H groups in total. The minimum Gasteiger partial charge on any atom is -0.385 e. The van der Waals surface area contributed by atoms with Crippen LogP contribution in [0.2, 0.25) is 0 Å². The maximum Gasteiger partial charge on any atom is 0.0716 e. The van der Waals surface area contributed by atoms with Crippen molar-refractivity contribution in [3.05, 3.63) is 201 Å². The summed E-state index contributed by atoms with van der Waals surface area (Å²) in [6.07, 6.45) is 14.5. The number of aryl methyl sites for hydroxylation is 1. The Balaban J connectivity index is 1.36. The molecule has 0 amide bonds. The first-order valence-electron chi connectivity index (χ1n) is 24.0. The predicted octanol–water partition coefficient (Wildman–Crippen LogP) is 15.2. The molecule has 3 unspecified atom stereocenters. The van der Waals surface area contributed by atoms with Gasteiger partial charge in [0.2, 0.25) is 0 Å². The molecule has 0 saturated carbocycles. The number of nitrogens with one attached hydrogen (secondary N) is 2. The van der Waals surface area contributed by atoms with E-state index in [-0.39, 0.29) is 6.04 Å². The first-order valence-corrected chi connectivity index (χ1v) is 24.0. The summed E-state index contributed by atoms with van der Waals surface area (Å²) in [5.74, 6) is 0. The van der Waals surface area contributed by atoms with Crippen molar-refractivity contribution in [2.45, 2.75) is 122 Å². The highest BCUT2D eigenvalue weighted by atomic mass is 14.9. The summed E-state index contributed by atoms with van der Waals surface area (Å²) in [5.41, 5.74) is 23.8. The van der Waals surface area contributed by atoms with Crippen molar-refractivity contribution in [2.75, 3.05) is 23.7 Å². The number of rotatable bonds is 21. The molecule has 2 aliphatic carbocycles. The van der Waals surface area contributed by atoms with Crippen molar-refractivity contribution in [1.29, 1.82) is 0 Å². The van der Waals surface area contributed by atoms with Crippen LogP contribution in [0.5, 0.6) is 0 Å². The fourth-order valence-electron chi connectivity index (χ4n) is 10.7. The van der Waals surface area contributed by atoms with E-state index in [0.29, 0.717) is 0 Å². The fourth-order valence-corrected chi connectivity index (χ4v) is 10.7. The summed E-state index contributed by atoms with van der Waals surface area (Å²) in [5, 5.41) is 7.50. The van der Waals surface area contributed by atoms with Gasteiger partial charge in [0.05, 0.1) is 10.8 Å². The second kappa shape index (κ2) is 19.8. The molecule has 0 heterocycles. The number of hydrogen-bond donors (Lipinski definition) is 3. The van der Waals surface area contributed by atoms with E-state index < -0.39 is 10.8 Å². The zero-order chi connectivity index (χ0) is 42.9. The van der Waals surface area contributed by atoms with Crippen molar-refractivity contribution >= 4 is 22.5 Å². The summed E-state index contributed by atoms with van der Waals surface area (Å²) in [6.45, 7) is 11.0. The summed E-state index contributed by atoms with van der Waals surface area (Å²) in [4.78, 5) is 0. The number of fused-ring (bicyclic) bond motifs is 4. The topological polar surface area (TPSA) is 50.1 Å². The molecule has 3 heteroatoms. The number of hydrogen-bond acceptors (Lipinski definition) is 3. The molecule has 2 aliphatic rings. The number of unbranched alkanes of at least 4 members (excludes halogenated alkanes) is 8. The Morgan fingerprint density at radius 2 is 0.823 bits per heavy atom. The third-order valence-electron chi connectivity index (χ3n) is 13.9. The third kappa shape index (κ3) is 8.06. The van der Waals surface area contributed by atoms with Gasteiger partial charge in [-0.25, -0.2) is 0 Å². The Morgan fingerprint density at radius 3 is 1.26 bits per heavy atom. The number of allylic oxidation sites excluding steroid dienone is 2. The maximum atomic E-state index is 6.90. The highest BCUT2D eigenvalue weighted by Gasteiger charge is 2.59. The molecule has 0 aromatic heterocycles. The summed E-state index contributed by atoms with van der Waals surface area (Å²) in [7, 11) is 0. The van der Waals surface area contributed by atoms with Crippen LogP contribution < -0.4 is 16.4 Å². The van der Waals surface area contributed by atoms with Crippen molar-refractivity contribution in [3.8, 4) is 0 Å². The van der Waals surface area contributed by atoms with E-state index in [1.54, 1.807) is 0 Å². The van der Waals surface area contributed by atoms with Crippen LogP contribution in [-0.2, 0) is 10.8 Å². The van der Waals surface area contributed by atoms with E-state index >= 15 is 0 Å². The van der Waals surface area contributed by atoms with E-state index in [4.69, 9.17) is 5.73 Å². The van der Waals surface area contributed by atoms with E-state index in [1.807, 2.05) is 0 Å². The Bertz CT molecular complexity index is 2410. The van der Waals surface area contributed by atoms with Crippen LogP contribution in [0.3, 0.4) is 0 Å². The molecule has 0 aliphatic heterocycles. The predicted molar refractivity (Wildman–Crippen MR) is 266 cm³/mol. The minimum absolute atomic E-state index is 0.0232. The van der Waals surface area contributed by atoms with Crippen LogP contribution in [0, 0.1) is 6.92 Å². The third-order valence-corrected chi connectivity index (χ3v) is 13.9. The Kier molecular flexibility index (Phi) is 13.8. The molecule has 0 radical (unpaired) electrons. The summed E-state index contributed by atoms with van der Waals surface area (Å²) in [6, 6.07) is 56.3. The van der Waals surface area contributed by atoms with Gasteiger partial charge < -0.3 is 16.4 Å². The van der Waals surface area contributed by atoms with Crippen LogP contribution in [0.1, 0.15) is 159 Å². The quantitative estimate of drug-likeness (QED) is 0.0634. The smallest absolute Gasteiger partial charge is 0.0716 e. The van der Waals surface area contributed by atoms with E-state index in [9.17, 15) is 0 Å². The van der Waals surface area contributed by atoms with E-state index in [0.717, 1.165) is 25.9 Å². The SMILES string of the molecule is CCCCCCNc1ccc(C2(c3ccc(C)cc3)C3=C(c4ccccc42)C(c2ccc(NCCCCCC)cc2)(c2ccc(C(N)CCCCC)cc2)c2ccccc23)cc1. The molecular formula is C59H69N3. The highest BCUT2D eigenvalue weighted by Crippen LogP contribution is 2.69. The van der Waals surface area contributed by atoms with Crippen molar-refractivity contribution in [1.82, 2.24) is 0 Å². The number of benzene rings is 6. The summed E-state index contributed by atoms with van der Waals surface area (Å²) >= 11 is 0. The Labute approximate surface area is 373 Å². The minimum atomic E-state index is -0.584. The largest absolute Gasteiger partial charge is 0.385 e. The van der Waals surface area contributed by atoms with Crippen LogP contribution >= 0.6 is 0 Å². The van der Waals surface area contributed by atoms with Gasteiger partial charge >= 0.3 is 0 Å². The zero-order valence-electron chi connectivity index (χ0n) is 37.9. The average molecular weight is 820 g/mol. The molecule has 0 saturated heterocycles. The molecule has 0 fully saturated rings. The lowest BCUT2D eigenvalue weighted by molar-refractivity contribution is 0.581. The molecule has 6 aromatic carbocycles. The van der Waals surface area contributed by atoms with Gasteiger partial charge in [-0.1, -0.05) is 205 Å². The number of anilines is 2. The molecular weight excluding hydrogens is 751 g/mol. The van der Waals surface area contributed by atoms with Crippen LogP contribution in [0.4, 0.5) is 11.4 Å². The Hall–Kier alpha value is -5.38. The van der Waals surface area contributed by atoms with Gasteiger partial charge in [-0.3, -0.25) is 0 Å². The molecule has 0 bridgehead atoms. The summed E-state index contributed by atoms with van der Waals surface area (Å²) < 4.78 is 0. The van der Waals surface area contributed by atoms with Crippen molar-refractivity contribution in [2.24, 2.45) is 5.73 Å². The fraction of sp³-hybridized carbons (Fsp3) is 0.356. The van der Waals surface area contributed by atoms with Gasteiger partial charge in [0.15, 0.2) is 0 Å². The van der Waals surface area contributed by atoms with Crippen LogP contribution in [-0.4, -0.2) is 13.1 Å². The van der Waals surface area contributed by atoms with Gasteiger partial charge in [0.1, 0.15) is 0 Å². The molecule has 320 valence electrons. The zero-order valence-corrected chi connectivity index (χ0v) is 37.9. The molecule has 8 rings (SSSR count). The van der Waals surface area contributed by atoms with Gasteiger partial charge in [0, 0.05) is 30.5 Å². The molecule has 3 atom stereocenters. The van der Waals surface area contributed by atoms with E-state index in [2.05, 4.69) is 184 Å². The van der Waals surface area contributed by atoms with Gasteiger partial charge in [-0.05, 0) is 112 Å². The van der Waals surface area contributed by atoms with Crippen molar-refractivity contribution in [3.63, 3.8) is 0 Å².